The molecule has 4 heteroatoms. The molecule has 0 bridgehead atoms. The van der Waals surface area contributed by atoms with Crippen molar-refractivity contribution >= 4 is 0 Å². The fourth-order valence-electron chi connectivity index (χ4n) is 0.473. The van der Waals surface area contributed by atoms with Crippen LogP contribution in [0.3, 0.4) is 0 Å². The van der Waals surface area contributed by atoms with Gasteiger partial charge >= 0.3 is 5.69 Å². The van der Waals surface area contributed by atoms with Crippen LogP contribution in [-0.4, -0.2) is 15.2 Å². The summed E-state index contributed by atoms with van der Waals surface area (Å²) >= 11 is 0. The molecule has 1 rings (SSSR count). The number of H-pyrrole nitrogens is 2. The van der Waals surface area contributed by atoms with Crippen molar-refractivity contribution in [3.05, 3.63) is 16.3 Å². The monoisotopic (exact) mass is 117 g/mol. The summed E-state index contributed by atoms with van der Waals surface area (Å²) in [5, 5.41) is 5.90. The molecule has 0 aromatic carbocycles. The van der Waals surface area contributed by atoms with E-state index in [0.717, 1.165) is 6.42 Å². The van der Waals surface area contributed by atoms with Gasteiger partial charge in [-0.2, -0.15) is 5.10 Å². The normalized spacial score (nSPS) is 9.62. The molecule has 0 radical (unpaired) electrons. The van der Waals surface area contributed by atoms with Gasteiger partial charge in [-0.15, -0.1) is 0 Å². The molecule has 1 heterocycles. The van der Waals surface area contributed by atoms with Gasteiger partial charge in [0.1, 0.15) is 5.82 Å². The third kappa shape index (κ3) is 0.776. The lowest BCUT2D eigenvalue weighted by Crippen LogP contribution is -2.00. The lowest BCUT2D eigenvalue weighted by molar-refractivity contribution is 0.945. The van der Waals surface area contributed by atoms with E-state index in [4.69, 9.17) is 0 Å². The largest absolute Gasteiger partial charge is 0.340 e. The van der Waals surface area contributed by atoms with Crippen molar-refractivity contribution in [1.82, 2.24) is 15.2 Å². The Kier molecular flexibility index (Phi) is 1.15. The van der Waals surface area contributed by atoms with Crippen LogP contribution in [0.25, 0.3) is 0 Å². The van der Waals surface area contributed by atoms with Gasteiger partial charge in [-0.1, -0.05) is 6.92 Å². The number of hydrogen-bond donors (Lipinski definition) is 2. The van der Waals surface area contributed by atoms with Crippen molar-refractivity contribution in [3.8, 4) is 0 Å². The number of aromatic nitrogens is 3. The van der Waals surface area contributed by atoms with E-state index in [0.29, 0.717) is 5.82 Å². The van der Waals surface area contributed by atoms with Gasteiger partial charge in [-0.3, -0.25) is 4.98 Å². The summed E-state index contributed by atoms with van der Waals surface area (Å²) in [6.07, 6.45) is 0.763. The number of aryl methyl sites for hydroxylation is 1. The van der Waals surface area contributed by atoms with Crippen LogP contribution in [0.1, 0.15) is 15.6 Å². The summed E-state index contributed by atoms with van der Waals surface area (Å²) < 4.78 is 0. The minimum absolute atomic E-state index is 0. The molecule has 0 amide bonds. The second-order valence-corrected chi connectivity index (χ2v) is 1.48. The van der Waals surface area contributed by atoms with Gasteiger partial charge in [0.25, 0.3) is 0 Å². The van der Waals surface area contributed by atoms with E-state index >= 15 is 0 Å². The van der Waals surface area contributed by atoms with Gasteiger partial charge in [-0.05, 0) is 0 Å². The molecule has 48 valence electrons. The maximum absolute atomic E-state index is 10.3. The number of nitrogens with zero attached hydrogens (tertiary/aromatic N) is 1. The molecule has 0 aliphatic carbocycles. The predicted molar refractivity (Wildman–Crippen MR) is 32.8 cm³/mol. The van der Waals surface area contributed by atoms with Crippen LogP contribution in [0.5, 0.6) is 0 Å². The van der Waals surface area contributed by atoms with E-state index in [1.54, 1.807) is 0 Å². The average Bonchev–Trinajstić information content (AvgIpc) is 2.14. The first-order valence-electron chi connectivity index (χ1n) is 2.46. The molecule has 0 saturated carbocycles. The van der Waals surface area contributed by atoms with Crippen LogP contribution in [0, 0.1) is 0 Å². The minimum atomic E-state index is -0.234. The zero-order valence-corrected chi connectivity index (χ0v) is 4.56. The third-order valence-corrected chi connectivity index (χ3v) is 0.885. The molecular weight excluding hydrogens is 106 g/mol. The van der Waals surface area contributed by atoms with Gasteiger partial charge < -0.3 is 0 Å². The Morgan fingerprint density at radius 2 is 2.62 bits per heavy atom. The van der Waals surface area contributed by atoms with E-state index in [-0.39, 0.29) is 8.54 Å². The first-order chi connectivity index (χ1) is 3.83. The minimum Gasteiger partial charge on any atom is -0.293 e. The smallest absolute Gasteiger partial charge is 0.293 e. The summed E-state index contributed by atoms with van der Waals surface area (Å²) in [7, 11) is 0. The lowest BCUT2D eigenvalue weighted by atomic mass is 10.5. The number of hydrogen-bond acceptors (Lipinski definition) is 2. The Morgan fingerprint density at radius 3 is 2.88 bits per heavy atom. The second kappa shape index (κ2) is 1.81. The highest BCUT2D eigenvalue weighted by Gasteiger charge is 1.89. The Morgan fingerprint density at radius 1 is 1.88 bits per heavy atom. The average molecular weight is 117 g/mol. The van der Waals surface area contributed by atoms with Gasteiger partial charge in [0.15, 0.2) is 0 Å². The highest BCUT2D eigenvalue weighted by atomic mass is 16.1. The molecule has 1 aromatic heterocycles. The molecule has 0 aliphatic rings. The molecule has 2 N–H and O–H groups in total. The first-order valence-corrected chi connectivity index (χ1v) is 2.46. The van der Waals surface area contributed by atoms with Gasteiger partial charge in [-0.25, -0.2) is 9.89 Å². The van der Waals surface area contributed by atoms with E-state index in [1.807, 2.05) is 6.92 Å². The number of rotatable bonds is 1. The molecule has 0 fully saturated rings. The first kappa shape index (κ1) is 5.08. The van der Waals surface area contributed by atoms with Crippen LogP contribution in [0.4, 0.5) is 0 Å². The van der Waals surface area contributed by atoms with Crippen LogP contribution < -0.4 is 5.69 Å². The fourth-order valence-corrected chi connectivity index (χ4v) is 0.473. The second-order valence-electron chi connectivity index (χ2n) is 1.48. The topological polar surface area (TPSA) is 61.5 Å². The standard InChI is InChI=1S/C4H7N3O.2H2/c1-2-3-5-4(8)7-6-3;;/h2H2,1H3,(H2,5,6,7,8);2*1H. The van der Waals surface area contributed by atoms with Crippen molar-refractivity contribution in [2.75, 3.05) is 0 Å². The summed E-state index contributed by atoms with van der Waals surface area (Å²) in [6, 6.07) is 0. The molecule has 0 saturated heterocycles. The molecule has 8 heavy (non-hydrogen) atoms. The van der Waals surface area contributed by atoms with E-state index in [2.05, 4.69) is 15.2 Å². The Balaban J connectivity index is 0. The molecule has 0 spiro atoms. The van der Waals surface area contributed by atoms with E-state index in [9.17, 15) is 4.79 Å². The SMILES string of the molecule is CCc1n[nH]c(=O)[nH]1.[HH].[HH]. The Hall–Kier alpha value is -1.06. The van der Waals surface area contributed by atoms with Crippen molar-refractivity contribution in [1.29, 1.82) is 0 Å². The van der Waals surface area contributed by atoms with Crippen molar-refractivity contribution < 1.29 is 2.85 Å². The molecule has 4 nitrogen and oxygen atoms in total. The zero-order valence-electron chi connectivity index (χ0n) is 4.56. The van der Waals surface area contributed by atoms with Crippen LogP contribution in [0.2, 0.25) is 0 Å². The molecule has 0 unspecified atom stereocenters. The summed E-state index contributed by atoms with van der Waals surface area (Å²) in [4.78, 5) is 12.8. The number of nitrogens with one attached hydrogen (secondary N) is 2. The van der Waals surface area contributed by atoms with Gasteiger partial charge in [0.2, 0.25) is 0 Å². The molecular formula is C4H11N3O. The van der Waals surface area contributed by atoms with Crippen molar-refractivity contribution in [2.45, 2.75) is 13.3 Å². The summed E-state index contributed by atoms with van der Waals surface area (Å²) in [6.45, 7) is 1.92. The maximum atomic E-state index is 10.3. The maximum Gasteiger partial charge on any atom is 0.340 e. The Labute approximate surface area is 48.9 Å². The predicted octanol–water partition coefficient (Wildman–Crippen LogP) is 0.152. The summed E-state index contributed by atoms with van der Waals surface area (Å²) in [5.41, 5.74) is -0.234. The highest BCUT2D eigenvalue weighted by Crippen LogP contribution is 1.78. The number of aromatic amines is 2. The van der Waals surface area contributed by atoms with Crippen molar-refractivity contribution in [3.63, 3.8) is 0 Å². The lowest BCUT2D eigenvalue weighted by Gasteiger charge is -1.76. The van der Waals surface area contributed by atoms with Gasteiger partial charge in [0, 0.05) is 9.27 Å². The van der Waals surface area contributed by atoms with E-state index < -0.39 is 0 Å². The fraction of sp³-hybridized carbons (Fsp3) is 0.500. The highest BCUT2D eigenvalue weighted by molar-refractivity contribution is 4.77. The zero-order chi connectivity index (χ0) is 5.98. The third-order valence-electron chi connectivity index (χ3n) is 0.885. The molecule has 0 aliphatic heterocycles. The van der Waals surface area contributed by atoms with Gasteiger partial charge in [0.05, 0.1) is 0 Å². The van der Waals surface area contributed by atoms with Crippen LogP contribution in [0.15, 0.2) is 4.79 Å². The van der Waals surface area contributed by atoms with Crippen LogP contribution >= 0.6 is 0 Å². The molecule has 1 aromatic rings. The van der Waals surface area contributed by atoms with Crippen molar-refractivity contribution in [2.24, 2.45) is 0 Å². The summed E-state index contributed by atoms with van der Waals surface area (Å²) in [5.74, 6) is 0.704. The van der Waals surface area contributed by atoms with E-state index in [1.165, 1.54) is 0 Å². The Bertz CT molecular complexity index is 218. The van der Waals surface area contributed by atoms with Crippen LogP contribution in [-0.2, 0) is 6.42 Å². The molecule has 0 atom stereocenters. The quantitative estimate of drug-likeness (QED) is 0.550.